The Hall–Kier alpha value is -2.82. The minimum Gasteiger partial charge on any atom is -0.427 e. The molecule has 0 spiro atoms. The molecule has 1 atom stereocenters. The van der Waals surface area contributed by atoms with Gasteiger partial charge in [-0.3, -0.25) is 0 Å². The number of benzene rings is 3. The summed E-state index contributed by atoms with van der Waals surface area (Å²) in [5.74, 6) is 0.430. The standard InChI is InChI=1S/C19H14NO4PS/c21-25(16-11-5-2-6-12-16,23-15-9-3-1-4-10-15)24-20-17-13-7-8-14-18(17)22-19(20)26/h1-14H. The van der Waals surface area contributed by atoms with Crippen LogP contribution in [0.15, 0.2) is 89.3 Å². The van der Waals surface area contributed by atoms with E-state index in [1.807, 2.05) is 24.3 Å². The normalized spacial score (nSPS) is 13.2. The summed E-state index contributed by atoms with van der Waals surface area (Å²) in [5, 5.41) is 0.413. The number of nitrogens with zero attached hydrogens (tertiary/aromatic N) is 1. The van der Waals surface area contributed by atoms with Gasteiger partial charge in [0.25, 0.3) is 0 Å². The molecule has 1 heterocycles. The maximum absolute atomic E-state index is 13.7. The van der Waals surface area contributed by atoms with Crippen LogP contribution in [-0.4, -0.2) is 4.73 Å². The van der Waals surface area contributed by atoms with Crippen molar-refractivity contribution in [1.29, 1.82) is 0 Å². The van der Waals surface area contributed by atoms with Crippen molar-refractivity contribution in [3.8, 4) is 5.75 Å². The highest BCUT2D eigenvalue weighted by Crippen LogP contribution is 2.44. The van der Waals surface area contributed by atoms with Crippen LogP contribution in [0.25, 0.3) is 11.1 Å². The van der Waals surface area contributed by atoms with E-state index < -0.39 is 7.60 Å². The van der Waals surface area contributed by atoms with Gasteiger partial charge in [-0.05, 0) is 48.6 Å². The molecule has 1 unspecified atom stereocenters. The van der Waals surface area contributed by atoms with Crippen LogP contribution in [0.2, 0.25) is 0 Å². The zero-order valence-corrected chi connectivity index (χ0v) is 15.2. The lowest BCUT2D eigenvalue weighted by molar-refractivity contribution is 0.236. The topological polar surface area (TPSA) is 53.6 Å². The van der Waals surface area contributed by atoms with Crippen LogP contribution in [-0.2, 0) is 4.57 Å². The Labute approximate surface area is 154 Å². The number of rotatable bonds is 5. The van der Waals surface area contributed by atoms with Gasteiger partial charge in [-0.15, -0.1) is 4.73 Å². The Morgan fingerprint density at radius 3 is 2.19 bits per heavy atom. The van der Waals surface area contributed by atoms with Gasteiger partial charge in [0.15, 0.2) is 5.58 Å². The second-order valence-electron chi connectivity index (χ2n) is 5.45. The summed E-state index contributed by atoms with van der Waals surface area (Å²) in [6, 6.07) is 24.8. The fourth-order valence-electron chi connectivity index (χ4n) is 2.48. The lowest BCUT2D eigenvalue weighted by Crippen LogP contribution is -2.21. The van der Waals surface area contributed by atoms with Crippen molar-refractivity contribution < 1.29 is 18.1 Å². The molecule has 0 aliphatic carbocycles. The van der Waals surface area contributed by atoms with E-state index in [0.29, 0.717) is 22.2 Å². The highest BCUT2D eigenvalue weighted by atomic mass is 32.1. The van der Waals surface area contributed by atoms with Gasteiger partial charge in [-0.1, -0.05) is 48.5 Å². The molecular weight excluding hydrogens is 369 g/mol. The number of aromatic nitrogens is 1. The second kappa shape index (κ2) is 6.83. The molecule has 0 aliphatic rings. The molecule has 0 amide bonds. The first-order valence-electron chi connectivity index (χ1n) is 7.87. The minimum atomic E-state index is -3.78. The van der Waals surface area contributed by atoms with Gasteiger partial charge < -0.3 is 13.6 Å². The van der Waals surface area contributed by atoms with E-state index in [9.17, 15) is 4.57 Å². The summed E-state index contributed by atoms with van der Waals surface area (Å²) in [4.78, 5) is 0.0546. The second-order valence-corrected chi connectivity index (χ2v) is 7.66. The highest BCUT2D eigenvalue weighted by molar-refractivity contribution is 7.71. The Bertz CT molecular complexity index is 1140. The molecule has 0 aliphatic heterocycles. The molecule has 26 heavy (non-hydrogen) atoms. The van der Waals surface area contributed by atoms with Crippen LogP contribution >= 0.6 is 19.8 Å². The van der Waals surface area contributed by atoms with E-state index in [1.165, 1.54) is 4.73 Å². The molecule has 1 aromatic heterocycles. The van der Waals surface area contributed by atoms with Crippen LogP contribution in [0.4, 0.5) is 0 Å². The van der Waals surface area contributed by atoms with Crippen LogP contribution < -0.4 is 14.5 Å². The highest BCUT2D eigenvalue weighted by Gasteiger charge is 2.33. The molecule has 5 nitrogen and oxygen atoms in total. The van der Waals surface area contributed by atoms with Crippen molar-refractivity contribution in [3.63, 3.8) is 0 Å². The quantitative estimate of drug-likeness (QED) is 0.359. The van der Waals surface area contributed by atoms with Crippen molar-refractivity contribution in [2.75, 3.05) is 0 Å². The fourth-order valence-corrected chi connectivity index (χ4v) is 4.30. The lowest BCUT2D eigenvalue weighted by atomic mass is 10.3. The Morgan fingerprint density at radius 2 is 1.46 bits per heavy atom. The monoisotopic (exact) mass is 383 g/mol. The first-order chi connectivity index (χ1) is 12.7. The van der Waals surface area contributed by atoms with Gasteiger partial charge in [-0.25, -0.2) is 4.57 Å². The van der Waals surface area contributed by atoms with E-state index in [2.05, 4.69) is 0 Å². The van der Waals surface area contributed by atoms with Gasteiger partial charge in [0.05, 0.1) is 5.30 Å². The molecule has 0 bridgehead atoms. The van der Waals surface area contributed by atoms with E-state index in [0.717, 1.165) is 0 Å². The van der Waals surface area contributed by atoms with E-state index in [1.54, 1.807) is 60.7 Å². The molecule has 0 fully saturated rings. The number of hydrogen-bond acceptors (Lipinski definition) is 5. The van der Waals surface area contributed by atoms with Gasteiger partial charge in [-0.2, -0.15) is 0 Å². The molecule has 7 heteroatoms. The van der Waals surface area contributed by atoms with Crippen LogP contribution in [0, 0.1) is 4.84 Å². The molecule has 4 rings (SSSR count). The van der Waals surface area contributed by atoms with E-state index in [4.69, 9.17) is 25.8 Å². The van der Waals surface area contributed by atoms with E-state index >= 15 is 0 Å². The molecule has 0 saturated heterocycles. The molecule has 3 aromatic carbocycles. The minimum absolute atomic E-state index is 0.0546. The maximum Gasteiger partial charge on any atom is 0.481 e. The summed E-state index contributed by atoms with van der Waals surface area (Å²) in [6.45, 7) is 0. The predicted molar refractivity (Wildman–Crippen MR) is 102 cm³/mol. The zero-order valence-electron chi connectivity index (χ0n) is 13.5. The van der Waals surface area contributed by atoms with Crippen molar-refractivity contribution >= 4 is 36.2 Å². The van der Waals surface area contributed by atoms with Crippen molar-refractivity contribution in [3.05, 3.63) is 89.8 Å². The summed E-state index contributed by atoms with van der Waals surface area (Å²) in [7, 11) is -3.78. The van der Waals surface area contributed by atoms with Gasteiger partial charge in [0, 0.05) is 0 Å². The number of para-hydroxylation sites is 3. The lowest BCUT2D eigenvalue weighted by Gasteiger charge is -2.19. The first kappa shape index (κ1) is 16.6. The number of hydrogen-bond donors (Lipinski definition) is 0. The van der Waals surface area contributed by atoms with Crippen molar-refractivity contribution in [2.24, 2.45) is 0 Å². The van der Waals surface area contributed by atoms with Gasteiger partial charge in [0.1, 0.15) is 11.3 Å². The Kier molecular flexibility index (Phi) is 4.37. The van der Waals surface area contributed by atoms with Crippen molar-refractivity contribution in [1.82, 2.24) is 4.73 Å². The Morgan fingerprint density at radius 1 is 0.846 bits per heavy atom. The summed E-state index contributed by atoms with van der Waals surface area (Å²) < 4.78 is 32.1. The zero-order chi connectivity index (χ0) is 18.0. The third-order valence-corrected chi connectivity index (χ3v) is 5.69. The molecule has 130 valence electrons. The maximum atomic E-state index is 13.7. The largest absolute Gasteiger partial charge is 0.481 e. The fraction of sp³-hybridized carbons (Fsp3) is 0. The van der Waals surface area contributed by atoms with Crippen LogP contribution in [0.3, 0.4) is 0 Å². The summed E-state index contributed by atoms with van der Waals surface area (Å²) in [6.07, 6.45) is 0. The molecule has 4 aromatic rings. The third-order valence-electron chi connectivity index (χ3n) is 3.68. The average Bonchev–Trinajstić information content (AvgIpc) is 2.98. The summed E-state index contributed by atoms with van der Waals surface area (Å²) in [5.41, 5.74) is 1.11. The van der Waals surface area contributed by atoms with Gasteiger partial charge >= 0.3 is 12.4 Å². The van der Waals surface area contributed by atoms with Gasteiger partial charge in [0.2, 0.25) is 0 Å². The predicted octanol–water partition coefficient (Wildman–Crippen LogP) is 4.99. The van der Waals surface area contributed by atoms with Crippen LogP contribution in [0.1, 0.15) is 0 Å². The third kappa shape index (κ3) is 3.17. The Balaban J connectivity index is 1.82. The SMILES string of the molecule is O=P(Oc1ccccc1)(On1c(=S)oc2ccccc21)c1ccccc1. The summed E-state index contributed by atoms with van der Waals surface area (Å²) >= 11 is 5.23. The van der Waals surface area contributed by atoms with E-state index in [-0.39, 0.29) is 4.84 Å². The molecular formula is C19H14NO4PS. The average molecular weight is 383 g/mol. The molecule has 0 N–H and O–H groups in total. The molecule has 0 radical (unpaired) electrons. The first-order valence-corrected chi connectivity index (χ1v) is 9.82. The number of fused-ring (bicyclic) bond motifs is 1. The molecule has 0 saturated carbocycles. The van der Waals surface area contributed by atoms with Crippen molar-refractivity contribution in [2.45, 2.75) is 0 Å². The van der Waals surface area contributed by atoms with Crippen LogP contribution in [0.5, 0.6) is 5.75 Å². The smallest absolute Gasteiger partial charge is 0.427 e. The number of oxazole rings is 1.